The molecular weight excluding hydrogens is 478 g/mol. The van der Waals surface area contributed by atoms with Gasteiger partial charge in [-0.05, 0) is 31.4 Å². The van der Waals surface area contributed by atoms with Crippen LogP contribution in [0.25, 0.3) is 10.9 Å². The van der Waals surface area contributed by atoms with Gasteiger partial charge in [-0.25, -0.2) is 9.78 Å². The molecule has 37 heavy (non-hydrogen) atoms. The van der Waals surface area contributed by atoms with Crippen molar-refractivity contribution >= 4 is 34.6 Å². The summed E-state index contributed by atoms with van der Waals surface area (Å²) in [6.45, 7) is 1.97. The van der Waals surface area contributed by atoms with Crippen LogP contribution in [0.4, 0.5) is 0 Å². The van der Waals surface area contributed by atoms with Crippen LogP contribution in [0, 0.1) is 0 Å². The fourth-order valence-corrected chi connectivity index (χ4v) is 4.65. The predicted octanol–water partition coefficient (Wildman–Crippen LogP) is 0.0686. The minimum absolute atomic E-state index is 0.00584. The topological polar surface area (TPSA) is 186 Å². The van der Waals surface area contributed by atoms with Gasteiger partial charge in [0.05, 0.1) is 12.4 Å². The van der Waals surface area contributed by atoms with Crippen molar-refractivity contribution in [2.75, 3.05) is 6.54 Å². The third-order valence-electron chi connectivity index (χ3n) is 6.55. The molecule has 3 aromatic rings. The first-order chi connectivity index (χ1) is 17.7. The quantitative estimate of drug-likeness (QED) is 0.223. The number of imidazole rings is 1. The zero-order valence-corrected chi connectivity index (χ0v) is 20.4. The van der Waals surface area contributed by atoms with E-state index < -0.39 is 42.0 Å². The Morgan fingerprint density at radius 2 is 1.95 bits per heavy atom. The van der Waals surface area contributed by atoms with Crippen LogP contribution in [-0.4, -0.2) is 79.4 Å². The van der Waals surface area contributed by atoms with Gasteiger partial charge in [-0.15, -0.1) is 0 Å². The lowest BCUT2D eigenvalue weighted by molar-refractivity contribution is -0.143. The van der Waals surface area contributed by atoms with Crippen molar-refractivity contribution in [2.45, 2.75) is 56.8 Å². The standard InChI is InChI=1S/C25H31N7O5/c1-14(26)24(35)32-8-4-7-21(32)23(34)30-19(9-15-11-28-18-6-3-2-5-17(15)18)22(33)31-20(25(36)37)10-16-12-27-13-29-16/h2-3,5-6,11-14,19-21,28H,4,7-10,26H2,1H3,(H,27,29)(H,30,34)(H,31,33)(H,36,37). The van der Waals surface area contributed by atoms with Gasteiger partial charge in [0.25, 0.3) is 0 Å². The van der Waals surface area contributed by atoms with Gasteiger partial charge in [-0.2, -0.15) is 0 Å². The smallest absolute Gasteiger partial charge is 0.326 e. The summed E-state index contributed by atoms with van der Waals surface area (Å²) < 4.78 is 0. The van der Waals surface area contributed by atoms with Gasteiger partial charge in [0.15, 0.2) is 0 Å². The number of aromatic nitrogens is 3. The van der Waals surface area contributed by atoms with Crippen molar-refractivity contribution in [3.05, 3.63) is 54.2 Å². The molecule has 3 amide bonds. The fraction of sp³-hybridized carbons (Fsp3) is 0.400. The normalized spacial score (nSPS) is 17.8. The van der Waals surface area contributed by atoms with E-state index in [2.05, 4.69) is 25.6 Å². The van der Waals surface area contributed by atoms with Gasteiger partial charge in [-0.3, -0.25) is 14.4 Å². The number of para-hydroxylation sites is 1. The summed E-state index contributed by atoms with van der Waals surface area (Å²) >= 11 is 0. The Morgan fingerprint density at radius 1 is 1.16 bits per heavy atom. The van der Waals surface area contributed by atoms with Crippen LogP contribution in [0.3, 0.4) is 0 Å². The number of carbonyl (C=O) groups excluding carboxylic acids is 3. The number of amides is 3. The Hall–Kier alpha value is -4.19. The molecule has 0 radical (unpaired) electrons. The molecular formula is C25H31N7O5. The summed E-state index contributed by atoms with van der Waals surface area (Å²) in [6.07, 6.45) is 5.87. The average molecular weight is 510 g/mol. The summed E-state index contributed by atoms with van der Waals surface area (Å²) in [6, 6.07) is 3.72. The van der Waals surface area contributed by atoms with E-state index in [1.165, 1.54) is 17.4 Å². The number of nitrogens with one attached hydrogen (secondary N) is 4. The highest BCUT2D eigenvalue weighted by Crippen LogP contribution is 2.21. The lowest BCUT2D eigenvalue weighted by Gasteiger charge is -2.28. The van der Waals surface area contributed by atoms with E-state index in [4.69, 9.17) is 5.73 Å². The van der Waals surface area contributed by atoms with Crippen molar-refractivity contribution in [1.29, 1.82) is 0 Å². The molecule has 4 atom stereocenters. The Balaban J connectivity index is 1.56. The summed E-state index contributed by atoms with van der Waals surface area (Å²) in [5, 5.41) is 15.9. The molecule has 1 aliphatic rings. The zero-order valence-electron chi connectivity index (χ0n) is 20.4. The molecule has 12 nitrogen and oxygen atoms in total. The van der Waals surface area contributed by atoms with Gasteiger partial charge in [0.1, 0.15) is 18.1 Å². The first-order valence-corrected chi connectivity index (χ1v) is 12.2. The molecule has 0 spiro atoms. The number of likely N-dealkylation sites (tertiary alicyclic amines) is 1. The Kier molecular flexibility index (Phi) is 7.87. The van der Waals surface area contributed by atoms with E-state index >= 15 is 0 Å². The first kappa shape index (κ1) is 25.9. The molecule has 2 aromatic heterocycles. The highest BCUT2D eigenvalue weighted by atomic mass is 16.4. The van der Waals surface area contributed by atoms with Crippen molar-refractivity contribution < 1.29 is 24.3 Å². The third kappa shape index (κ3) is 5.97. The molecule has 4 rings (SSSR count). The van der Waals surface area contributed by atoms with Crippen LogP contribution in [-0.2, 0) is 32.0 Å². The highest BCUT2D eigenvalue weighted by Gasteiger charge is 2.37. The lowest BCUT2D eigenvalue weighted by Crippen LogP contribution is -2.57. The molecule has 12 heteroatoms. The van der Waals surface area contributed by atoms with Crippen molar-refractivity contribution in [1.82, 2.24) is 30.5 Å². The number of carboxylic acids is 1. The fourth-order valence-electron chi connectivity index (χ4n) is 4.65. The Morgan fingerprint density at radius 3 is 2.65 bits per heavy atom. The number of carbonyl (C=O) groups is 4. The largest absolute Gasteiger partial charge is 0.480 e. The minimum atomic E-state index is -1.24. The molecule has 1 fully saturated rings. The van der Waals surface area contributed by atoms with Crippen LogP contribution in [0.15, 0.2) is 43.0 Å². The Bertz CT molecular complexity index is 1270. The monoisotopic (exact) mass is 509 g/mol. The summed E-state index contributed by atoms with van der Waals surface area (Å²) in [7, 11) is 0. The predicted molar refractivity (Wildman–Crippen MR) is 134 cm³/mol. The maximum Gasteiger partial charge on any atom is 0.326 e. The van der Waals surface area contributed by atoms with Gasteiger partial charge in [0, 0.05) is 48.4 Å². The van der Waals surface area contributed by atoms with Crippen molar-refractivity contribution in [2.24, 2.45) is 5.73 Å². The number of hydrogen-bond donors (Lipinski definition) is 6. The molecule has 1 saturated heterocycles. The summed E-state index contributed by atoms with van der Waals surface area (Å²) in [5.74, 6) is -2.68. The second-order valence-corrected chi connectivity index (χ2v) is 9.28. The third-order valence-corrected chi connectivity index (χ3v) is 6.55. The molecule has 7 N–H and O–H groups in total. The number of fused-ring (bicyclic) bond motifs is 1. The van der Waals surface area contributed by atoms with E-state index in [1.54, 1.807) is 13.1 Å². The molecule has 3 heterocycles. The number of rotatable bonds is 10. The van der Waals surface area contributed by atoms with Crippen LogP contribution in [0.1, 0.15) is 31.0 Å². The van der Waals surface area contributed by atoms with E-state index in [-0.39, 0.29) is 18.7 Å². The highest BCUT2D eigenvalue weighted by molar-refractivity contribution is 5.95. The number of hydrogen-bond acceptors (Lipinski definition) is 6. The number of benzene rings is 1. The van der Waals surface area contributed by atoms with Crippen LogP contribution >= 0.6 is 0 Å². The van der Waals surface area contributed by atoms with Crippen LogP contribution in [0.5, 0.6) is 0 Å². The molecule has 196 valence electrons. The summed E-state index contributed by atoms with van der Waals surface area (Å²) in [5.41, 5.74) is 7.95. The SMILES string of the molecule is CC(N)C(=O)N1CCCC1C(=O)NC(Cc1c[nH]c2ccccc12)C(=O)NC(Cc1cnc[nH]1)C(=O)O. The molecule has 4 unspecified atom stereocenters. The van der Waals surface area contributed by atoms with Crippen molar-refractivity contribution in [3.8, 4) is 0 Å². The van der Waals surface area contributed by atoms with E-state index in [9.17, 15) is 24.3 Å². The second kappa shape index (κ2) is 11.2. The van der Waals surface area contributed by atoms with Gasteiger partial charge < -0.3 is 36.3 Å². The minimum Gasteiger partial charge on any atom is -0.480 e. The molecule has 0 saturated carbocycles. The number of nitrogens with zero attached hydrogens (tertiary/aromatic N) is 2. The van der Waals surface area contributed by atoms with E-state index in [0.29, 0.717) is 25.1 Å². The zero-order chi connectivity index (χ0) is 26.5. The van der Waals surface area contributed by atoms with Crippen molar-refractivity contribution in [3.63, 3.8) is 0 Å². The van der Waals surface area contributed by atoms with Gasteiger partial charge >= 0.3 is 5.97 Å². The molecule has 0 bridgehead atoms. The number of aromatic amines is 2. The average Bonchev–Trinajstić information content (AvgIpc) is 3.64. The Labute approximate surface area is 213 Å². The van der Waals surface area contributed by atoms with Crippen LogP contribution < -0.4 is 16.4 Å². The number of H-pyrrole nitrogens is 2. The first-order valence-electron chi connectivity index (χ1n) is 12.2. The van der Waals surface area contributed by atoms with Crippen LogP contribution in [0.2, 0.25) is 0 Å². The summed E-state index contributed by atoms with van der Waals surface area (Å²) in [4.78, 5) is 62.4. The van der Waals surface area contributed by atoms with Gasteiger partial charge in [0.2, 0.25) is 17.7 Å². The van der Waals surface area contributed by atoms with E-state index in [1.807, 2.05) is 24.3 Å². The maximum absolute atomic E-state index is 13.4. The number of carboxylic acid groups (broad SMARTS) is 1. The maximum atomic E-state index is 13.4. The number of aliphatic carboxylic acids is 1. The van der Waals surface area contributed by atoms with Gasteiger partial charge in [-0.1, -0.05) is 18.2 Å². The number of nitrogens with two attached hydrogens (primary N) is 1. The molecule has 0 aliphatic carbocycles. The van der Waals surface area contributed by atoms with E-state index in [0.717, 1.165) is 16.5 Å². The molecule has 1 aliphatic heterocycles. The molecule has 1 aromatic carbocycles. The lowest BCUT2D eigenvalue weighted by atomic mass is 10.0. The second-order valence-electron chi connectivity index (χ2n) is 9.28.